The Bertz CT molecular complexity index is 533. The average molecular weight is 308 g/mol. The lowest BCUT2D eigenvalue weighted by Crippen LogP contribution is -2.49. The monoisotopic (exact) mass is 307 g/mol. The summed E-state index contributed by atoms with van der Waals surface area (Å²) in [5.41, 5.74) is 0. The highest BCUT2D eigenvalue weighted by atomic mass is 35.5. The average Bonchev–Trinajstić information content (AvgIpc) is 3.11. The minimum atomic E-state index is -3.39. The van der Waals surface area contributed by atoms with E-state index in [2.05, 4.69) is 9.88 Å². The SMILES string of the molecule is O=S(=O)(c1cnc(Cl)s1)N1CCN(C2CC2)CC1. The van der Waals surface area contributed by atoms with Crippen LogP contribution >= 0.6 is 22.9 Å². The molecule has 0 atom stereocenters. The highest BCUT2D eigenvalue weighted by Crippen LogP contribution is 2.30. The molecule has 1 aromatic rings. The lowest BCUT2D eigenvalue weighted by atomic mass is 10.3. The van der Waals surface area contributed by atoms with E-state index in [1.54, 1.807) is 0 Å². The first-order chi connectivity index (χ1) is 8.57. The van der Waals surface area contributed by atoms with Crippen LogP contribution in [0.5, 0.6) is 0 Å². The van der Waals surface area contributed by atoms with E-state index in [-0.39, 0.29) is 8.68 Å². The van der Waals surface area contributed by atoms with Crippen molar-refractivity contribution in [2.75, 3.05) is 26.2 Å². The van der Waals surface area contributed by atoms with Gasteiger partial charge in [-0.1, -0.05) is 22.9 Å². The summed E-state index contributed by atoms with van der Waals surface area (Å²) in [6.45, 7) is 2.79. The highest BCUT2D eigenvalue weighted by molar-refractivity contribution is 7.91. The molecular weight excluding hydrogens is 294 g/mol. The van der Waals surface area contributed by atoms with Crippen LogP contribution in [-0.4, -0.2) is 54.8 Å². The van der Waals surface area contributed by atoms with Gasteiger partial charge in [0.1, 0.15) is 0 Å². The van der Waals surface area contributed by atoms with E-state index in [1.807, 2.05) is 0 Å². The number of hydrogen-bond donors (Lipinski definition) is 0. The highest BCUT2D eigenvalue weighted by Gasteiger charge is 2.35. The third-order valence-electron chi connectivity index (χ3n) is 3.39. The summed E-state index contributed by atoms with van der Waals surface area (Å²) in [7, 11) is -3.39. The first kappa shape index (κ1) is 12.8. The maximum atomic E-state index is 12.3. The Morgan fingerprint density at radius 3 is 2.44 bits per heavy atom. The number of rotatable bonds is 3. The second-order valence-electron chi connectivity index (χ2n) is 4.60. The molecule has 1 aliphatic heterocycles. The van der Waals surface area contributed by atoms with E-state index in [0.29, 0.717) is 19.1 Å². The van der Waals surface area contributed by atoms with Crippen LogP contribution in [0.2, 0.25) is 4.47 Å². The Kier molecular flexibility index (Phi) is 3.36. The fourth-order valence-corrected chi connectivity index (χ4v) is 5.11. The second kappa shape index (κ2) is 4.72. The molecule has 0 unspecified atom stereocenters. The molecule has 0 amide bonds. The normalized spacial score (nSPS) is 23.4. The molecule has 0 bridgehead atoms. The third kappa shape index (κ3) is 2.42. The lowest BCUT2D eigenvalue weighted by Gasteiger charge is -2.33. The van der Waals surface area contributed by atoms with Crippen LogP contribution < -0.4 is 0 Å². The van der Waals surface area contributed by atoms with Gasteiger partial charge in [-0.2, -0.15) is 4.31 Å². The predicted molar refractivity (Wildman–Crippen MR) is 70.5 cm³/mol. The fourth-order valence-electron chi connectivity index (χ4n) is 2.23. The molecule has 1 saturated heterocycles. The molecule has 0 aromatic carbocycles. The van der Waals surface area contributed by atoms with Gasteiger partial charge < -0.3 is 0 Å². The fraction of sp³-hybridized carbons (Fsp3) is 0.700. The summed E-state index contributed by atoms with van der Waals surface area (Å²) in [5, 5.41) is 0. The van der Waals surface area contributed by atoms with E-state index in [4.69, 9.17) is 11.6 Å². The van der Waals surface area contributed by atoms with Crippen LogP contribution in [0, 0.1) is 0 Å². The number of sulfonamides is 1. The van der Waals surface area contributed by atoms with Crippen LogP contribution in [0.25, 0.3) is 0 Å². The molecule has 1 aromatic heterocycles. The maximum absolute atomic E-state index is 12.3. The molecule has 0 radical (unpaired) electrons. The molecule has 2 aliphatic rings. The Morgan fingerprint density at radius 1 is 1.28 bits per heavy atom. The Morgan fingerprint density at radius 2 is 1.94 bits per heavy atom. The second-order valence-corrected chi connectivity index (χ2v) is 8.38. The van der Waals surface area contributed by atoms with Crippen molar-refractivity contribution in [2.45, 2.75) is 23.1 Å². The van der Waals surface area contributed by atoms with Crippen LogP contribution in [0.3, 0.4) is 0 Å². The van der Waals surface area contributed by atoms with Gasteiger partial charge in [-0.3, -0.25) is 4.90 Å². The van der Waals surface area contributed by atoms with E-state index in [0.717, 1.165) is 24.4 Å². The Balaban J connectivity index is 1.71. The van der Waals surface area contributed by atoms with Crippen LogP contribution in [-0.2, 0) is 10.0 Å². The molecule has 100 valence electrons. The molecule has 3 rings (SSSR count). The molecular formula is C10H14ClN3O2S2. The van der Waals surface area contributed by atoms with Gasteiger partial charge in [0.2, 0.25) is 0 Å². The Hall–Kier alpha value is -0.210. The maximum Gasteiger partial charge on any atom is 0.254 e. The number of aromatic nitrogens is 1. The van der Waals surface area contributed by atoms with E-state index in [9.17, 15) is 8.42 Å². The standard InChI is InChI=1S/C10H14ClN3O2S2/c11-10-12-7-9(17-10)18(15,16)14-5-3-13(4-6-14)8-1-2-8/h7-8H,1-6H2. The van der Waals surface area contributed by atoms with Crippen molar-refractivity contribution in [2.24, 2.45) is 0 Å². The van der Waals surface area contributed by atoms with Crippen molar-refractivity contribution < 1.29 is 8.42 Å². The molecule has 5 nitrogen and oxygen atoms in total. The number of halogens is 1. The summed E-state index contributed by atoms with van der Waals surface area (Å²) >= 11 is 6.71. The molecule has 0 N–H and O–H groups in total. The molecule has 0 spiro atoms. The summed E-state index contributed by atoms with van der Waals surface area (Å²) < 4.78 is 26.7. The van der Waals surface area contributed by atoms with Gasteiger partial charge in [0.05, 0.1) is 6.20 Å². The largest absolute Gasteiger partial charge is 0.298 e. The molecule has 18 heavy (non-hydrogen) atoms. The topological polar surface area (TPSA) is 53.5 Å². The molecule has 8 heteroatoms. The summed E-state index contributed by atoms with van der Waals surface area (Å²) in [5.74, 6) is 0. The van der Waals surface area contributed by atoms with Crippen molar-refractivity contribution in [3.05, 3.63) is 10.7 Å². The van der Waals surface area contributed by atoms with Crippen molar-refractivity contribution >= 4 is 33.0 Å². The number of piperazine rings is 1. The van der Waals surface area contributed by atoms with Gasteiger partial charge in [0.25, 0.3) is 10.0 Å². The predicted octanol–water partition coefficient (Wildman–Crippen LogP) is 1.27. The first-order valence-corrected chi connectivity index (χ1v) is 8.56. The van der Waals surface area contributed by atoms with Crippen LogP contribution in [0.1, 0.15) is 12.8 Å². The van der Waals surface area contributed by atoms with Gasteiger partial charge in [-0.25, -0.2) is 13.4 Å². The Labute approximate surface area is 115 Å². The number of nitrogens with zero attached hydrogens (tertiary/aromatic N) is 3. The summed E-state index contributed by atoms with van der Waals surface area (Å²) in [4.78, 5) is 6.18. The van der Waals surface area contributed by atoms with Gasteiger partial charge in [-0.15, -0.1) is 0 Å². The number of thiazole rings is 1. The van der Waals surface area contributed by atoms with Crippen LogP contribution in [0.4, 0.5) is 0 Å². The zero-order valence-corrected chi connectivity index (χ0v) is 12.1. The van der Waals surface area contributed by atoms with Crippen LogP contribution in [0.15, 0.2) is 10.4 Å². The van der Waals surface area contributed by atoms with E-state index >= 15 is 0 Å². The van der Waals surface area contributed by atoms with Gasteiger partial charge in [0.15, 0.2) is 8.68 Å². The van der Waals surface area contributed by atoms with Gasteiger partial charge >= 0.3 is 0 Å². The smallest absolute Gasteiger partial charge is 0.254 e. The summed E-state index contributed by atoms with van der Waals surface area (Å²) in [6.07, 6.45) is 3.87. The number of hydrogen-bond acceptors (Lipinski definition) is 5. The van der Waals surface area contributed by atoms with Gasteiger partial charge in [0, 0.05) is 32.2 Å². The quantitative estimate of drug-likeness (QED) is 0.844. The van der Waals surface area contributed by atoms with Gasteiger partial charge in [-0.05, 0) is 12.8 Å². The third-order valence-corrected chi connectivity index (χ3v) is 6.84. The molecule has 2 heterocycles. The molecule has 1 aliphatic carbocycles. The summed E-state index contributed by atoms with van der Waals surface area (Å²) in [6, 6.07) is 0.702. The molecule has 1 saturated carbocycles. The molecule has 2 fully saturated rings. The zero-order valence-electron chi connectivity index (χ0n) is 9.75. The minimum Gasteiger partial charge on any atom is -0.298 e. The van der Waals surface area contributed by atoms with Crippen molar-refractivity contribution in [1.29, 1.82) is 0 Å². The van der Waals surface area contributed by atoms with Crippen molar-refractivity contribution in [1.82, 2.24) is 14.2 Å². The zero-order chi connectivity index (χ0) is 12.8. The van der Waals surface area contributed by atoms with Crippen molar-refractivity contribution in [3.8, 4) is 0 Å². The first-order valence-electron chi connectivity index (χ1n) is 5.93. The lowest BCUT2D eigenvalue weighted by molar-refractivity contribution is 0.181. The van der Waals surface area contributed by atoms with E-state index < -0.39 is 10.0 Å². The minimum absolute atomic E-state index is 0.243. The van der Waals surface area contributed by atoms with Crippen molar-refractivity contribution in [3.63, 3.8) is 0 Å². The van der Waals surface area contributed by atoms with E-state index in [1.165, 1.54) is 23.3 Å².